The average molecular weight is 536 g/mol. The van der Waals surface area contributed by atoms with Gasteiger partial charge in [0, 0.05) is 28.0 Å². The molecule has 1 unspecified atom stereocenters. The van der Waals surface area contributed by atoms with Crippen molar-refractivity contribution in [2.24, 2.45) is 0 Å². The van der Waals surface area contributed by atoms with Crippen LogP contribution in [0.15, 0.2) is 71.7 Å². The Labute approximate surface area is 230 Å². The normalized spacial score (nSPS) is 12.4. The molecular weight excluding hydrogens is 506 g/mol. The van der Waals surface area contributed by atoms with Crippen molar-refractivity contribution in [2.45, 2.75) is 32.8 Å². The van der Waals surface area contributed by atoms with Crippen LogP contribution in [0.25, 0.3) is 38.1 Å². The highest BCUT2D eigenvalue weighted by Crippen LogP contribution is 2.39. The zero-order valence-corrected chi connectivity index (χ0v) is 22.9. The van der Waals surface area contributed by atoms with Crippen LogP contribution in [0.5, 0.6) is 17.2 Å². The highest BCUT2D eigenvalue weighted by molar-refractivity contribution is 6.19. The van der Waals surface area contributed by atoms with E-state index in [0.29, 0.717) is 50.7 Å². The summed E-state index contributed by atoms with van der Waals surface area (Å²) in [5.74, 6) is 1.52. The second-order valence-corrected chi connectivity index (χ2v) is 10.1. The quantitative estimate of drug-likeness (QED) is 0.247. The first-order valence-electron chi connectivity index (χ1n) is 13.1. The molecule has 0 saturated heterocycles. The van der Waals surface area contributed by atoms with E-state index in [2.05, 4.69) is 24.1 Å². The maximum absolute atomic E-state index is 13.9. The van der Waals surface area contributed by atoms with E-state index >= 15 is 0 Å². The highest BCUT2D eigenvalue weighted by Gasteiger charge is 2.23. The molecule has 0 radical (unpaired) electrons. The number of anilines is 1. The number of aromatic nitrogens is 2. The Hall–Kier alpha value is -4.85. The summed E-state index contributed by atoms with van der Waals surface area (Å²) in [6, 6.07) is 18.8. The molecule has 1 N–H and O–H groups in total. The van der Waals surface area contributed by atoms with Gasteiger partial charge < -0.3 is 19.5 Å². The van der Waals surface area contributed by atoms with Crippen LogP contribution >= 0.6 is 0 Å². The van der Waals surface area contributed by atoms with Crippen molar-refractivity contribution < 1.29 is 19.0 Å². The molecule has 0 aliphatic carbocycles. The number of nitrogens with zero attached hydrogens (tertiary/aromatic N) is 2. The largest absolute Gasteiger partial charge is 0.493 e. The third-order valence-corrected chi connectivity index (χ3v) is 7.39. The van der Waals surface area contributed by atoms with Gasteiger partial charge in [-0.05, 0) is 66.9 Å². The average Bonchev–Trinajstić information content (AvgIpc) is 3.30. The minimum atomic E-state index is -0.744. The van der Waals surface area contributed by atoms with Crippen LogP contribution in [-0.2, 0) is 4.79 Å². The minimum absolute atomic E-state index is 0.226. The molecule has 6 aromatic rings. The standard InChI is InChI=1S/C32H29N3O5/c1-17(2)19-6-8-20(9-7-19)34-31(36)18(3)40-21-10-12-25-24(16-21)22-14-15-33-28-23-11-13-26(38-4)30(39-5)27(23)32(37)35(25)29(22)28/h6-18H,1-5H3,(H,34,36). The SMILES string of the molecule is COc1ccc2c(c1OC)c(=O)n1c3ccc(OC(C)C(=O)Nc4ccc(C(C)C)cc4)cc3c3ccnc2c31. The molecule has 202 valence electrons. The predicted molar refractivity (Wildman–Crippen MR) is 158 cm³/mol. The zero-order valence-electron chi connectivity index (χ0n) is 22.9. The van der Waals surface area contributed by atoms with E-state index in [1.807, 2.05) is 48.5 Å². The first-order chi connectivity index (χ1) is 19.3. The molecule has 3 heterocycles. The molecule has 0 fully saturated rings. The lowest BCUT2D eigenvalue weighted by Crippen LogP contribution is -2.30. The lowest BCUT2D eigenvalue weighted by atomic mass is 10.0. The first-order valence-corrected chi connectivity index (χ1v) is 13.1. The van der Waals surface area contributed by atoms with Crippen LogP contribution in [-0.4, -0.2) is 35.6 Å². The van der Waals surface area contributed by atoms with E-state index in [9.17, 15) is 9.59 Å². The summed E-state index contributed by atoms with van der Waals surface area (Å²) < 4.78 is 18.8. The summed E-state index contributed by atoms with van der Waals surface area (Å²) in [5.41, 5.74) is 3.80. The number of methoxy groups -OCH3 is 2. The summed E-state index contributed by atoms with van der Waals surface area (Å²) in [7, 11) is 3.06. The lowest BCUT2D eigenvalue weighted by molar-refractivity contribution is -0.122. The van der Waals surface area contributed by atoms with Crippen LogP contribution in [0.2, 0.25) is 0 Å². The van der Waals surface area contributed by atoms with Gasteiger partial charge in [-0.25, -0.2) is 0 Å². The molecule has 40 heavy (non-hydrogen) atoms. The van der Waals surface area contributed by atoms with Gasteiger partial charge in [0.2, 0.25) is 0 Å². The fourth-order valence-corrected chi connectivity index (χ4v) is 5.33. The summed E-state index contributed by atoms with van der Waals surface area (Å²) in [5, 5.41) is 5.69. The van der Waals surface area contributed by atoms with Gasteiger partial charge in [-0.2, -0.15) is 0 Å². The fraction of sp³-hybridized carbons (Fsp3) is 0.219. The first kappa shape index (κ1) is 25.4. The molecule has 1 atom stereocenters. The van der Waals surface area contributed by atoms with Gasteiger partial charge in [0.05, 0.1) is 36.2 Å². The Morgan fingerprint density at radius 2 is 1.68 bits per heavy atom. The highest BCUT2D eigenvalue weighted by atomic mass is 16.5. The van der Waals surface area contributed by atoms with Crippen LogP contribution in [0.1, 0.15) is 32.3 Å². The molecule has 0 aliphatic heterocycles. The lowest BCUT2D eigenvalue weighted by Gasteiger charge is -2.15. The van der Waals surface area contributed by atoms with Crippen molar-refractivity contribution in [3.05, 3.63) is 82.8 Å². The topological polar surface area (TPSA) is 91.2 Å². The minimum Gasteiger partial charge on any atom is -0.493 e. The van der Waals surface area contributed by atoms with Crippen LogP contribution in [0.3, 0.4) is 0 Å². The van der Waals surface area contributed by atoms with Crippen LogP contribution in [0.4, 0.5) is 5.69 Å². The Balaban J connectivity index is 1.40. The number of rotatable bonds is 7. The van der Waals surface area contributed by atoms with E-state index in [4.69, 9.17) is 14.2 Å². The molecule has 3 aromatic carbocycles. The number of carbonyl (C=O) groups excluding carboxylic acids is 1. The molecule has 8 nitrogen and oxygen atoms in total. The number of pyridine rings is 2. The van der Waals surface area contributed by atoms with Gasteiger partial charge in [-0.15, -0.1) is 0 Å². The van der Waals surface area contributed by atoms with Crippen LogP contribution in [0, 0.1) is 0 Å². The van der Waals surface area contributed by atoms with Gasteiger partial charge in [-0.1, -0.05) is 26.0 Å². The number of benzene rings is 3. The second kappa shape index (κ2) is 9.72. The van der Waals surface area contributed by atoms with Crippen molar-refractivity contribution in [3.8, 4) is 17.2 Å². The third-order valence-electron chi connectivity index (χ3n) is 7.39. The van der Waals surface area contributed by atoms with Crippen molar-refractivity contribution in [1.29, 1.82) is 0 Å². The molecule has 0 spiro atoms. The number of hydrogen-bond acceptors (Lipinski definition) is 6. The van der Waals surface area contributed by atoms with E-state index in [1.54, 1.807) is 29.7 Å². The summed E-state index contributed by atoms with van der Waals surface area (Å²) in [6.45, 7) is 5.96. The van der Waals surface area contributed by atoms with Crippen molar-refractivity contribution in [1.82, 2.24) is 9.38 Å². The van der Waals surface area contributed by atoms with E-state index in [1.165, 1.54) is 19.8 Å². The second-order valence-electron chi connectivity index (χ2n) is 10.1. The smallest absolute Gasteiger partial charge is 0.267 e. The van der Waals surface area contributed by atoms with E-state index in [-0.39, 0.29) is 11.5 Å². The molecule has 6 rings (SSSR count). The molecule has 0 aliphatic rings. The van der Waals surface area contributed by atoms with Gasteiger partial charge in [0.25, 0.3) is 11.5 Å². The maximum Gasteiger partial charge on any atom is 0.267 e. The van der Waals surface area contributed by atoms with Crippen molar-refractivity contribution >= 4 is 49.7 Å². The Morgan fingerprint density at radius 1 is 0.900 bits per heavy atom. The van der Waals surface area contributed by atoms with E-state index in [0.717, 1.165) is 16.3 Å². The van der Waals surface area contributed by atoms with Gasteiger partial charge >= 0.3 is 0 Å². The summed E-state index contributed by atoms with van der Waals surface area (Å²) in [6.07, 6.45) is 0.984. The number of fused-ring (bicyclic) bond motifs is 5. The van der Waals surface area contributed by atoms with Crippen molar-refractivity contribution in [3.63, 3.8) is 0 Å². The predicted octanol–water partition coefficient (Wildman–Crippen LogP) is 6.14. The third kappa shape index (κ3) is 3.95. The number of hydrogen-bond donors (Lipinski definition) is 1. The zero-order chi connectivity index (χ0) is 28.1. The maximum atomic E-state index is 13.9. The number of carbonyl (C=O) groups is 1. The van der Waals surface area contributed by atoms with Gasteiger partial charge in [0.1, 0.15) is 5.75 Å². The summed E-state index contributed by atoms with van der Waals surface area (Å²) in [4.78, 5) is 31.4. The molecule has 3 aromatic heterocycles. The monoisotopic (exact) mass is 535 g/mol. The number of amides is 1. The Morgan fingerprint density at radius 3 is 2.38 bits per heavy atom. The number of nitrogens with one attached hydrogen (secondary N) is 1. The fourth-order valence-electron chi connectivity index (χ4n) is 5.33. The molecular formula is C32H29N3O5. The molecule has 1 amide bonds. The van der Waals surface area contributed by atoms with Gasteiger partial charge in [0.15, 0.2) is 17.6 Å². The van der Waals surface area contributed by atoms with Gasteiger partial charge in [-0.3, -0.25) is 19.0 Å². The molecule has 0 saturated carbocycles. The summed E-state index contributed by atoms with van der Waals surface area (Å²) >= 11 is 0. The van der Waals surface area contributed by atoms with Crippen LogP contribution < -0.4 is 25.1 Å². The molecule has 8 heteroatoms. The Bertz CT molecular complexity index is 1960. The Kier molecular flexibility index (Phi) is 6.18. The molecule has 0 bridgehead atoms. The van der Waals surface area contributed by atoms with E-state index < -0.39 is 6.10 Å². The number of ether oxygens (including phenoxy) is 3. The van der Waals surface area contributed by atoms with Crippen molar-refractivity contribution in [2.75, 3.05) is 19.5 Å².